The minimum Gasteiger partial charge on any atom is -0.454 e. The van der Waals surface area contributed by atoms with Gasteiger partial charge < -0.3 is 4.74 Å². The van der Waals surface area contributed by atoms with Crippen molar-refractivity contribution in [2.45, 2.75) is 45.6 Å². The standard InChI is InChI=1S/C24H24N2O4/c1-3-15(2)16-6-8-17(9-7-16)21(27)14-30-24(29)18-10-11-19-20(13-18)25-22-5-4-12-26(22)23(19)28/h6-11,13,15H,3-5,12,14H2,1-2H3/t15-/m1/s1. The van der Waals surface area contributed by atoms with Crippen molar-refractivity contribution in [1.82, 2.24) is 9.55 Å². The van der Waals surface area contributed by atoms with Crippen molar-refractivity contribution < 1.29 is 14.3 Å². The van der Waals surface area contributed by atoms with Gasteiger partial charge in [-0.2, -0.15) is 0 Å². The van der Waals surface area contributed by atoms with Gasteiger partial charge in [0.15, 0.2) is 12.4 Å². The molecule has 3 aromatic rings. The van der Waals surface area contributed by atoms with Crippen molar-refractivity contribution in [1.29, 1.82) is 0 Å². The number of carbonyl (C=O) groups is 2. The summed E-state index contributed by atoms with van der Waals surface area (Å²) in [5.41, 5.74) is 2.37. The number of aryl methyl sites for hydroxylation is 1. The van der Waals surface area contributed by atoms with Crippen LogP contribution in [0.5, 0.6) is 0 Å². The molecule has 0 saturated carbocycles. The molecule has 4 rings (SSSR count). The van der Waals surface area contributed by atoms with Gasteiger partial charge in [0.25, 0.3) is 5.56 Å². The third kappa shape index (κ3) is 3.77. The Morgan fingerprint density at radius 3 is 2.60 bits per heavy atom. The number of nitrogens with zero attached hydrogens (tertiary/aromatic N) is 2. The van der Waals surface area contributed by atoms with Gasteiger partial charge in [-0.25, -0.2) is 9.78 Å². The van der Waals surface area contributed by atoms with Gasteiger partial charge in [-0.3, -0.25) is 14.2 Å². The first kappa shape index (κ1) is 20.0. The number of aromatic nitrogens is 2. The molecule has 1 atom stereocenters. The fraction of sp³-hybridized carbons (Fsp3) is 0.333. The molecule has 154 valence electrons. The molecule has 0 aliphatic carbocycles. The summed E-state index contributed by atoms with van der Waals surface area (Å²) in [6, 6.07) is 12.1. The third-order valence-corrected chi connectivity index (χ3v) is 5.80. The van der Waals surface area contributed by atoms with Crippen LogP contribution in [0.25, 0.3) is 10.9 Å². The summed E-state index contributed by atoms with van der Waals surface area (Å²) in [6.45, 7) is 4.61. The molecule has 0 saturated heterocycles. The molecule has 0 radical (unpaired) electrons. The molecule has 0 bridgehead atoms. The molecular weight excluding hydrogens is 380 g/mol. The molecule has 1 aliphatic rings. The monoisotopic (exact) mass is 404 g/mol. The molecule has 30 heavy (non-hydrogen) atoms. The van der Waals surface area contributed by atoms with Crippen molar-refractivity contribution >= 4 is 22.7 Å². The maximum atomic E-state index is 12.5. The quantitative estimate of drug-likeness (QED) is 0.460. The number of fused-ring (bicyclic) bond motifs is 2. The SMILES string of the molecule is CC[C@@H](C)c1ccc(C(=O)COC(=O)c2ccc3c(=O)n4c(nc3c2)CCC4)cc1. The summed E-state index contributed by atoms with van der Waals surface area (Å²) >= 11 is 0. The number of ketones is 1. The fourth-order valence-electron chi connectivity index (χ4n) is 3.74. The topological polar surface area (TPSA) is 78.3 Å². The van der Waals surface area contributed by atoms with Gasteiger partial charge in [-0.05, 0) is 42.5 Å². The van der Waals surface area contributed by atoms with Crippen LogP contribution in [-0.4, -0.2) is 27.9 Å². The Morgan fingerprint density at radius 1 is 1.13 bits per heavy atom. The third-order valence-electron chi connectivity index (χ3n) is 5.80. The van der Waals surface area contributed by atoms with Gasteiger partial charge in [0, 0.05) is 18.5 Å². The maximum Gasteiger partial charge on any atom is 0.338 e. The van der Waals surface area contributed by atoms with Crippen LogP contribution in [0.4, 0.5) is 0 Å². The van der Waals surface area contributed by atoms with Crippen LogP contribution >= 0.6 is 0 Å². The second-order valence-corrected chi connectivity index (χ2v) is 7.75. The van der Waals surface area contributed by atoms with Crippen LogP contribution in [0.2, 0.25) is 0 Å². The molecule has 0 N–H and O–H groups in total. The summed E-state index contributed by atoms with van der Waals surface area (Å²) in [7, 11) is 0. The lowest BCUT2D eigenvalue weighted by Crippen LogP contribution is -2.21. The number of rotatable bonds is 6. The van der Waals surface area contributed by atoms with Crippen molar-refractivity contribution in [3.8, 4) is 0 Å². The molecule has 2 heterocycles. The zero-order valence-electron chi connectivity index (χ0n) is 17.2. The van der Waals surface area contributed by atoms with Crippen LogP contribution in [0.15, 0.2) is 47.3 Å². The minimum absolute atomic E-state index is 0.0802. The summed E-state index contributed by atoms with van der Waals surface area (Å²) in [5, 5.41) is 0.481. The van der Waals surface area contributed by atoms with E-state index in [1.165, 1.54) is 5.56 Å². The Bertz CT molecular complexity index is 1180. The Hall–Kier alpha value is -3.28. The average Bonchev–Trinajstić information content (AvgIpc) is 3.25. The van der Waals surface area contributed by atoms with Crippen LogP contribution in [0.1, 0.15) is 64.7 Å². The molecule has 0 unspecified atom stereocenters. The van der Waals surface area contributed by atoms with E-state index in [0.29, 0.717) is 28.9 Å². The van der Waals surface area contributed by atoms with E-state index >= 15 is 0 Å². The lowest BCUT2D eigenvalue weighted by molar-refractivity contribution is 0.0475. The van der Waals surface area contributed by atoms with Gasteiger partial charge >= 0.3 is 5.97 Å². The summed E-state index contributed by atoms with van der Waals surface area (Å²) in [5.74, 6) is 0.315. The van der Waals surface area contributed by atoms with E-state index in [-0.39, 0.29) is 23.5 Å². The van der Waals surface area contributed by atoms with Gasteiger partial charge in [-0.15, -0.1) is 0 Å². The highest BCUT2D eigenvalue weighted by Crippen LogP contribution is 2.19. The number of benzene rings is 2. The van der Waals surface area contributed by atoms with Crippen molar-refractivity contribution in [3.63, 3.8) is 0 Å². The zero-order chi connectivity index (χ0) is 21.3. The van der Waals surface area contributed by atoms with Crippen LogP contribution in [-0.2, 0) is 17.7 Å². The maximum absolute atomic E-state index is 12.5. The average molecular weight is 404 g/mol. The van der Waals surface area contributed by atoms with Gasteiger partial charge in [-0.1, -0.05) is 38.1 Å². The van der Waals surface area contributed by atoms with E-state index in [9.17, 15) is 14.4 Å². The molecule has 1 aliphatic heterocycles. The molecule has 2 aromatic carbocycles. The second kappa shape index (κ2) is 8.22. The summed E-state index contributed by atoms with van der Waals surface area (Å²) < 4.78 is 6.90. The van der Waals surface area contributed by atoms with E-state index in [4.69, 9.17) is 4.74 Å². The highest BCUT2D eigenvalue weighted by Gasteiger charge is 2.18. The number of esters is 1. The van der Waals surface area contributed by atoms with Gasteiger partial charge in [0.2, 0.25) is 0 Å². The van der Waals surface area contributed by atoms with Crippen LogP contribution in [0.3, 0.4) is 0 Å². The molecule has 1 aromatic heterocycles. The largest absolute Gasteiger partial charge is 0.454 e. The summed E-state index contributed by atoms with van der Waals surface area (Å²) in [6.07, 6.45) is 2.68. The Labute approximate surface area is 174 Å². The van der Waals surface area contributed by atoms with E-state index in [2.05, 4.69) is 18.8 Å². The lowest BCUT2D eigenvalue weighted by Gasteiger charge is -2.10. The van der Waals surface area contributed by atoms with E-state index in [1.54, 1.807) is 34.9 Å². The predicted molar refractivity (Wildman–Crippen MR) is 114 cm³/mol. The van der Waals surface area contributed by atoms with Gasteiger partial charge in [0.1, 0.15) is 5.82 Å². The number of hydrogen-bond acceptors (Lipinski definition) is 5. The van der Waals surface area contributed by atoms with Crippen molar-refractivity contribution in [2.24, 2.45) is 0 Å². The Balaban J connectivity index is 1.46. The number of hydrogen-bond donors (Lipinski definition) is 0. The van der Waals surface area contributed by atoms with Crippen LogP contribution < -0.4 is 5.56 Å². The number of carbonyl (C=O) groups excluding carboxylic acids is 2. The van der Waals surface area contributed by atoms with Crippen LogP contribution in [0, 0.1) is 0 Å². The van der Waals surface area contributed by atoms with E-state index < -0.39 is 5.97 Å². The minimum atomic E-state index is -0.608. The smallest absolute Gasteiger partial charge is 0.338 e. The molecular formula is C24H24N2O4. The zero-order valence-corrected chi connectivity index (χ0v) is 17.2. The first-order valence-corrected chi connectivity index (χ1v) is 10.3. The lowest BCUT2D eigenvalue weighted by atomic mass is 9.97. The number of Topliss-reactive ketones (excluding diaryl/α,β-unsaturated/α-hetero) is 1. The highest BCUT2D eigenvalue weighted by molar-refractivity contribution is 6.00. The fourth-order valence-corrected chi connectivity index (χ4v) is 3.74. The highest BCUT2D eigenvalue weighted by atomic mass is 16.5. The molecule has 6 nitrogen and oxygen atoms in total. The van der Waals surface area contributed by atoms with Crippen molar-refractivity contribution in [3.05, 3.63) is 75.3 Å². The molecule has 0 spiro atoms. The van der Waals surface area contributed by atoms with E-state index in [1.807, 2.05) is 12.1 Å². The normalized spacial score (nSPS) is 13.8. The molecule has 0 fully saturated rings. The van der Waals surface area contributed by atoms with Gasteiger partial charge in [0.05, 0.1) is 16.5 Å². The van der Waals surface area contributed by atoms with Crippen molar-refractivity contribution in [2.75, 3.05) is 6.61 Å². The Kier molecular flexibility index (Phi) is 5.48. The molecule has 6 heteroatoms. The Morgan fingerprint density at radius 2 is 1.87 bits per heavy atom. The first-order chi connectivity index (χ1) is 14.5. The number of ether oxygens (including phenoxy) is 1. The summed E-state index contributed by atoms with van der Waals surface area (Å²) in [4.78, 5) is 41.9. The van der Waals surface area contributed by atoms with E-state index in [0.717, 1.165) is 25.1 Å². The first-order valence-electron chi connectivity index (χ1n) is 10.3. The second-order valence-electron chi connectivity index (χ2n) is 7.75. The predicted octanol–water partition coefficient (Wildman–Crippen LogP) is 3.90. The molecule has 0 amide bonds.